The zero-order chi connectivity index (χ0) is 23.9. The third-order valence-electron chi connectivity index (χ3n) is 6.43. The van der Waals surface area contributed by atoms with Crippen molar-refractivity contribution in [2.45, 2.75) is 40.3 Å². The summed E-state index contributed by atoms with van der Waals surface area (Å²) in [5.41, 5.74) is 9.44. The van der Waals surface area contributed by atoms with E-state index in [1.807, 2.05) is 25.1 Å². The maximum Gasteiger partial charge on any atom is 0.172 e. The Bertz CT molecular complexity index is 1580. The summed E-state index contributed by atoms with van der Waals surface area (Å²) in [6.45, 7) is 7.42. The fraction of sp³-hybridized carbons (Fsp3) is 0.222. The molecule has 174 valence electrons. The van der Waals surface area contributed by atoms with Crippen LogP contribution < -0.4 is 4.74 Å². The number of tetrazole rings is 1. The number of imidazole rings is 1. The second-order valence-electron chi connectivity index (χ2n) is 8.84. The monoisotopic (exact) mass is 463 g/mol. The van der Waals surface area contributed by atoms with E-state index in [4.69, 9.17) is 14.7 Å². The van der Waals surface area contributed by atoms with Gasteiger partial charge in [0.1, 0.15) is 23.7 Å². The molecule has 4 heterocycles. The molecule has 35 heavy (non-hydrogen) atoms. The van der Waals surface area contributed by atoms with E-state index in [0.717, 1.165) is 68.2 Å². The summed E-state index contributed by atoms with van der Waals surface area (Å²) in [6.07, 6.45) is 2.81. The SMILES string of the molecule is CCc1nc2c(C)cc(C)nc2n1Cc1ccc2c(c1)OCc1ccccc1/C2=C\c1nnn[nH]1. The second kappa shape index (κ2) is 8.47. The van der Waals surface area contributed by atoms with E-state index in [-0.39, 0.29) is 0 Å². The van der Waals surface area contributed by atoms with E-state index in [0.29, 0.717) is 19.0 Å². The highest BCUT2D eigenvalue weighted by Crippen LogP contribution is 2.38. The Morgan fingerprint density at radius 2 is 1.94 bits per heavy atom. The van der Waals surface area contributed by atoms with Crippen molar-refractivity contribution in [3.63, 3.8) is 0 Å². The van der Waals surface area contributed by atoms with Crippen LogP contribution in [0.3, 0.4) is 0 Å². The van der Waals surface area contributed by atoms with E-state index in [1.54, 1.807) is 0 Å². The number of hydrogen-bond donors (Lipinski definition) is 1. The van der Waals surface area contributed by atoms with Crippen LogP contribution in [-0.2, 0) is 19.6 Å². The molecule has 6 rings (SSSR count). The van der Waals surface area contributed by atoms with E-state index in [1.165, 1.54) is 0 Å². The lowest BCUT2D eigenvalue weighted by Gasteiger charge is -2.13. The standard InChI is InChI=1S/C27H25N7O/c1-4-25-29-26-16(2)11-17(3)28-27(26)34(25)14-18-9-10-21-22(13-24-30-32-33-31-24)20-8-6-5-7-19(20)15-35-23(21)12-18/h5-13H,4,14-15H2,1-3H3,(H,30,31,32,33)/b22-13+. The zero-order valence-corrected chi connectivity index (χ0v) is 19.9. The van der Waals surface area contributed by atoms with Crippen molar-refractivity contribution in [1.82, 2.24) is 35.2 Å². The van der Waals surface area contributed by atoms with Gasteiger partial charge in [-0.25, -0.2) is 15.1 Å². The molecule has 3 aromatic heterocycles. The number of nitrogens with one attached hydrogen (secondary N) is 1. The molecule has 0 fully saturated rings. The third-order valence-corrected chi connectivity index (χ3v) is 6.43. The van der Waals surface area contributed by atoms with E-state index in [9.17, 15) is 0 Å². The first-order valence-electron chi connectivity index (χ1n) is 11.7. The Balaban J connectivity index is 1.45. The average Bonchev–Trinajstić information content (AvgIpc) is 3.46. The first-order chi connectivity index (χ1) is 17.1. The number of aromatic nitrogens is 7. The van der Waals surface area contributed by atoms with Crippen LogP contribution in [0.5, 0.6) is 5.75 Å². The summed E-state index contributed by atoms with van der Waals surface area (Å²) in [5, 5.41) is 14.3. The second-order valence-corrected chi connectivity index (χ2v) is 8.84. The molecule has 8 heteroatoms. The summed E-state index contributed by atoms with van der Waals surface area (Å²) in [4.78, 5) is 9.71. The Kier molecular flexibility index (Phi) is 5.13. The molecule has 0 unspecified atom stereocenters. The largest absolute Gasteiger partial charge is 0.488 e. The highest BCUT2D eigenvalue weighted by atomic mass is 16.5. The minimum atomic E-state index is 0.493. The van der Waals surface area contributed by atoms with Crippen molar-refractivity contribution in [3.05, 3.63) is 93.7 Å². The van der Waals surface area contributed by atoms with Crippen molar-refractivity contribution in [2.24, 2.45) is 0 Å². The van der Waals surface area contributed by atoms with Gasteiger partial charge in [0.15, 0.2) is 11.5 Å². The molecule has 5 aromatic rings. The van der Waals surface area contributed by atoms with Crippen molar-refractivity contribution in [2.75, 3.05) is 0 Å². The van der Waals surface area contributed by atoms with E-state index >= 15 is 0 Å². The minimum absolute atomic E-state index is 0.493. The number of H-pyrrole nitrogens is 1. The molecular formula is C27H25N7O. The number of hydrogen-bond acceptors (Lipinski definition) is 6. The molecule has 8 nitrogen and oxygen atoms in total. The van der Waals surface area contributed by atoms with Crippen LogP contribution in [0.25, 0.3) is 22.8 Å². The van der Waals surface area contributed by atoms with Gasteiger partial charge in [-0.15, -0.1) is 5.10 Å². The van der Waals surface area contributed by atoms with Crippen molar-refractivity contribution in [1.29, 1.82) is 0 Å². The molecule has 0 aliphatic carbocycles. The Labute approximate surface area is 202 Å². The number of aromatic amines is 1. The van der Waals surface area contributed by atoms with E-state index < -0.39 is 0 Å². The van der Waals surface area contributed by atoms with Crippen molar-refractivity contribution >= 4 is 22.8 Å². The van der Waals surface area contributed by atoms with Gasteiger partial charge in [0, 0.05) is 17.7 Å². The molecule has 0 atom stereocenters. The molecule has 0 amide bonds. The van der Waals surface area contributed by atoms with Gasteiger partial charge in [0.25, 0.3) is 0 Å². The zero-order valence-electron chi connectivity index (χ0n) is 19.9. The van der Waals surface area contributed by atoms with Gasteiger partial charge < -0.3 is 9.30 Å². The lowest BCUT2D eigenvalue weighted by atomic mass is 9.93. The van der Waals surface area contributed by atoms with Gasteiger partial charge in [-0.3, -0.25) is 0 Å². The molecule has 0 saturated heterocycles. The number of nitrogens with zero attached hydrogens (tertiary/aromatic N) is 6. The predicted octanol–water partition coefficient (Wildman–Crippen LogP) is 4.65. The molecule has 2 aromatic carbocycles. The summed E-state index contributed by atoms with van der Waals surface area (Å²) < 4.78 is 8.54. The van der Waals surface area contributed by atoms with Gasteiger partial charge >= 0.3 is 0 Å². The fourth-order valence-electron chi connectivity index (χ4n) is 4.80. The quantitative estimate of drug-likeness (QED) is 0.417. The smallest absolute Gasteiger partial charge is 0.172 e. The molecule has 0 spiro atoms. The molecule has 0 saturated carbocycles. The summed E-state index contributed by atoms with van der Waals surface area (Å²) >= 11 is 0. The van der Waals surface area contributed by atoms with Crippen LogP contribution >= 0.6 is 0 Å². The van der Waals surface area contributed by atoms with Crippen molar-refractivity contribution in [3.8, 4) is 5.75 Å². The van der Waals surface area contributed by atoms with Crippen LogP contribution in [0.2, 0.25) is 0 Å². The van der Waals surface area contributed by atoms with Crippen LogP contribution in [-0.4, -0.2) is 35.2 Å². The molecule has 0 bridgehead atoms. The fourth-order valence-corrected chi connectivity index (χ4v) is 4.80. The van der Waals surface area contributed by atoms with Gasteiger partial charge in [0.2, 0.25) is 0 Å². The van der Waals surface area contributed by atoms with Crippen LogP contribution in [0.15, 0.2) is 48.5 Å². The Hall–Kier alpha value is -4.33. The molecule has 1 N–H and O–H groups in total. The summed E-state index contributed by atoms with van der Waals surface area (Å²) in [7, 11) is 0. The van der Waals surface area contributed by atoms with Crippen LogP contribution in [0.1, 0.15) is 52.1 Å². The van der Waals surface area contributed by atoms with Gasteiger partial charge in [-0.2, -0.15) is 0 Å². The topological polar surface area (TPSA) is 94.4 Å². The van der Waals surface area contributed by atoms with Crippen molar-refractivity contribution < 1.29 is 4.74 Å². The number of ether oxygens (including phenoxy) is 1. The maximum atomic E-state index is 6.32. The first kappa shape index (κ1) is 21.2. The normalized spacial score (nSPS) is 14.0. The average molecular weight is 464 g/mol. The number of aryl methyl sites for hydroxylation is 3. The number of pyridine rings is 1. The maximum absolute atomic E-state index is 6.32. The Morgan fingerprint density at radius 3 is 2.77 bits per heavy atom. The molecule has 0 radical (unpaired) electrons. The lowest BCUT2D eigenvalue weighted by Crippen LogP contribution is -2.06. The first-order valence-corrected chi connectivity index (χ1v) is 11.7. The summed E-state index contributed by atoms with van der Waals surface area (Å²) in [6, 6.07) is 16.8. The predicted molar refractivity (Wildman–Crippen MR) is 134 cm³/mol. The molecule has 1 aliphatic rings. The highest BCUT2D eigenvalue weighted by Gasteiger charge is 2.21. The number of fused-ring (bicyclic) bond motifs is 3. The Morgan fingerprint density at radius 1 is 1.06 bits per heavy atom. The van der Waals surface area contributed by atoms with Gasteiger partial charge in [0.05, 0.1) is 6.54 Å². The van der Waals surface area contributed by atoms with E-state index in [2.05, 4.69) is 75.4 Å². The van der Waals surface area contributed by atoms with Crippen LogP contribution in [0, 0.1) is 13.8 Å². The number of rotatable bonds is 4. The number of benzene rings is 2. The highest BCUT2D eigenvalue weighted by molar-refractivity contribution is 5.93. The molecule has 1 aliphatic heterocycles. The summed E-state index contributed by atoms with van der Waals surface area (Å²) in [5.74, 6) is 2.46. The van der Waals surface area contributed by atoms with Gasteiger partial charge in [-0.1, -0.05) is 43.3 Å². The third kappa shape index (κ3) is 3.77. The van der Waals surface area contributed by atoms with Gasteiger partial charge in [-0.05, 0) is 70.3 Å². The minimum Gasteiger partial charge on any atom is -0.488 e. The molecular weight excluding hydrogens is 438 g/mol. The lowest BCUT2D eigenvalue weighted by molar-refractivity contribution is 0.307. The van der Waals surface area contributed by atoms with Crippen LogP contribution in [0.4, 0.5) is 0 Å².